The molecule has 10 unspecified atom stereocenters. The highest BCUT2D eigenvalue weighted by atomic mass is 32.2. The highest BCUT2D eigenvalue weighted by Crippen LogP contribution is 2.69. The number of fused-ring (bicyclic) bond motifs is 11. The number of benzene rings is 2. The maximum Gasteiger partial charge on any atom is 0.0450 e. The van der Waals surface area contributed by atoms with Gasteiger partial charge in [0, 0.05) is 61.6 Å². The first-order valence-corrected chi connectivity index (χ1v) is 21.8. The van der Waals surface area contributed by atoms with Crippen LogP contribution in [0, 0.1) is 23.2 Å². The van der Waals surface area contributed by atoms with Crippen molar-refractivity contribution in [3.8, 4) is 0 Å². The molecule has 0 aromatic heterocycles. The molecule has 52 heavy (non-hydrogen) atoms. The lowest BCUT2D eigenvalue weighted by Gasteiger charge is -2.64. The van der Waals surface area contributed by atoms with Gasteiger partial charge in [-0.05, 0) is 96.4 Å². The van der Waals surface area contributed by atoms with Crippen molar-refractivity contribution in [3.63, 3.8) is 0 Å². The average Bonchev–Trinajstić information content (AvgIpc) is 3.55. The van der Waals surface area contributed by atoms with Crippen molar-refractivity contribution in [1.82, 2.24) is 0 Å². The Bertz CT molecular complexity index is 2100. The molecule has 0 radical (unpaired) electrons. The second-order valence-corrected chi connectivity index (χ2v) is 19.0. The quantitative estimate of drug-likeness (QED) is 0.292. The standard InChI is InChI=1S/C49H47NS2/c1-3-13-32(14-4-1)34-23-26-41-47(30-34)52-48-31-35(24-27-42(48)49(41)39-18-8-11-21-45(39)51-46-22-12-9-19-40(46)49)33-25-28-44-38(29-33)37-17-7-10-20-43(37)50(44)36-15-5-2-6-16-36/h1-5,7-8,10-15,17-18,20,22-24,26-27,29-31,38,40-42,44-48H,6,9,16,19,21,25,28H2. The van der Waals surface area contributed by atoms with E-state index >= 15 is 0 Å². The van der Waals surface area contributed by atoms with Crippen LogP contribution in [0.25, 0.3) is 5.57 Å². The number of para-hydroxylation sites is 1. The lowest BCUT2D eigenvalue weighted by Crippen LogP contribution is -2.61. The molecule has 9 aliphatic rings. The lowest BCUT2D eigenvalue weighted by molar-refractivity contribution is 0.0714. The van der Waals surface area contributed by atoms with Gasteiger partial charge in [-0.25, -0.2) is 0 Å². The lowest BCUT2D eigenvalue weighted by atomic mass is 9.49. The number of thioether (sulfide) groups is 2. The minimum Gasteiger partial charge on any atom is -0.341 e. The summed E-state index contributed by atoms with van der Waals surface area (Å²) in [6.07, 6.45) is 46.4. The van der Waals surface area contributed by atoms with E-state index in [1.807, 2.05) is 0 Å². The molecular formula is C49H47NS2. The Balaban J connectivity index is 1.01. The molecule has 10 atom stereocenters. The molecule has 3 heterocycles. The topological polar surface area (TPSA) is 3.24 Å². The Labute approximate surface area is 318 Å². The van der Waals surface area contributed by atoms with Crippen molar-refractivity contribution in [1.29, 1.82) is 0 Å². The molecule has 0 saturated carbocycles. The molecule has 2 aromatic carbocycles. The monoisotopic (exact) mass is 713 g/mol. The van der Waals surface area contributed by atoms with Gasteiger partial charge in [0.2, 0.25) is 0 Å². The summed E-state index contributed by atoms with van der Waals surface area (Å²) in [5.41, 5.74) is 12.1. The maximum atomic E-state index is 2.75. The van der Waals surface area contributed by atoms with Crippen molar-refractivity contribution in [2.24, 2.45) is 23.2 Å². The SMILES string of the molecule is C1=CCCC(N2c3ccccc3C3C=C(C4=CC5SC6C=C(c7ccccc7)C=CC6C6(C7=CC=CCC7SC7C=CCCC76)C5C=C4)CCC32)=C1. The first kappa shape index (κ1) is 31.8. The summed E-state index contributed by atoms with van der Waals surface area (Å²) in [7, 11) is 0. The summed E-state index contributed by atoms with van der Waals surface area (Å²) in [4.78, 5) is 2.71. The highest BCUT2D eigenvalue weighted by molar-refractivity contribution is 8.01. The van der Waals surface area contributed by atoms with E-state index in [2.05, 4.69) is 174 Å². The van der Waals surface area contributed by atoms with Gasteiger partial charge in [0.15, 0.2) is 0 Å². The van der Waals surface area contributed by atoms with Gasteiger partial charge in [-0.1, -0.05) is 134 Å². The van der Waals surface area contributed by atoms with E-state index in [0.717, 1.165) is 25.7 Å². The maximum absolute atomic E-state index is 2.75. The smallest absolute Gasteiger partial charge is 0.0450 e. The fourth-order valence-corrected chi connectivity index (χ4v) is 15.4. The van der Waals surface area contributed by atoms with Gasteiger partial charge in [0.25, 0.3) is 0 Å². The number of allylic oxidation sites excluding steroid dienone is 15. The van der Waals surface area contributed by atoms with Crippen molar-refractivity contribution >= 4 is 34.8 Å². The van der Waals surface area contributed by atoms with Gasteiger partial charge in [-0.15, -0.1) is 23.5 Å². The average molecular weight is 714 g/mol. The van der Waals surface area contributed by atoms with E-state index in [1.54, 1.807) is 11.1 Å². The van der Waals surface area contributed by atoms with Gasteiger partial charge < -0.3 is 4.90 Å². The number of hydrogen-bond donors (Lipinski definition) is 0. The predicted molar refractivity (Wildman–Crippen MR) is 223 cm³/mol. The number of rotatable bonds is 3. The van der Waals surface area contributed by atoms with Crippen LogP contribution in [0.4, 0.5) is 5.69 Å². The minimum absolute atomic E-state index is 0.115. The van der Waals surface area contributed by atoms with Crippen molar-refractivity contribution < 1.29 is 0 Å². The normalized spacial score (nSPS) is 37.7. The Morgan fingerprint density at radius 3 is 2.35 bits per heavy atom. The predicted octanol–water partition coefficient (Wildman–Crippen LogP) is 12.1. The molecule has 3 aliphatic heterocycles. The van der Waals surface area contributed by atoms with E-state index in [4.69, 9.17) is 0 Å². The van der Waals surface area contributed by atoms with Crippen LogP contribution in [0.5, 0.6) is 0 Å². The van der Waals surface area contributed by atoms with Crippen molar-refractivity contribution in [2.45, 2.75) is 77.9 Å². The third-order valence-corrected chi connectivity index (χ3v) is 16.9. The molecule has 2 saturated heterocycles. The molecule has 1 spiro atoms. The zero-order valence-corrected chi connectivity index (χ0v) is 31.4. The Morgan fingerprint density at radius 1 is 0.673 bits per heavy atom. The largest absolute Gasteiger partial charge is 0.341 e. The first-order valence-electron chi connectivity index (χ1n) is 19.9. The molecule has 6 aliphatic carbocycles. The molecule has 0 bridgehead atoms. The van der Waals surface area contributed by atoms with Crippen LogP contribution in [0.15, 0.2) is 168 Å². The van der Waals surface area contributed by atoms with Crippen LogP contribution in [-0.2, 0) is 0 Å². The summed E-state index contributed by atoms with van der Waals surface area (Å²) < 4.78 is 0. The molecule has 0 amide bonds. The van der Waals surface area contributed by atoms with E-state index in [-0.39, 0.29) is 5.41 Å². The highest BCUT2D eigenvalue weighted by Gasteiger charge is 2.63. The Hall–Kier alpha value is -3.66. The Morgan fingerprint density at radius 2 is 1.48 bits per heavy atom. The van der Waals surface area contributed by atoms with Gasteiger partial charge in [0.05, 0.1) is 0 Å². The molecule has 3 heteroatoms. The van der Waals surface area contributed by atoms with Gasteiger partial charge in [-0.2, -0.15) is 0 Å². The molecule has 260 valence electrons. The van der Waals surface area contributed by atoms with Crippen LogP contribution < -0.4 is 4.90 Å². The molecule has 2 fully saturated rings. The van der Waals surface area contributed by atoms with E-state index in [1.165, 1.54) is 52.9 Å². The van der Waals surface area contributed by atoms with E-state index < -0.39 is 0 Å². The summed E-state index contributed by atoms with van der Waals surface area (Å²) in [5.74, 6) is 2.07. The first-order chi connectivity index (χ1) is 25.8. The number of anilines is 1. The second kappa shape index (κ2) is 12.7. The number of nitrogens with zero attached hydrogens (tertiary/aromatic N) is 1. The van der Waals surface area contributed by atoms with Gasteiger partial charge in [-0.3, -0.25) is 0 Å². The summed E-state index contributed by atoms with van der Waals surface area (Å²) in [6.45, 7) is 0. The van der Waals surface area contributed by atoms with Gasteiger partial charge >= 0.3 is 0 Å². The van der Waals surface area contributed by atoms with Gasteiger partial charge in [0.1, 0.15) is 0 Å². The summed E-state index contributed by atoms with van der Waals surface area (Å²) in [5, 5.41) is 2.07. The molecule has 0 N–H and O–H groups in total. The fraction of sp³-hybridized carbons (Fsp3) is 0.347. The zero-order valence-electron chi connectivity index (χ0n) is 29.8. The summed E-state index contributed by atoms with van der Waals surface area (Å²) in [6, 6.07) is 20.9. The minimum atomic E-state index is 0.115. The van der Waals surface area contributed by atoms with Crippen LogP contribution in [-0.4, -0.2) is 27.0 Å². The number of hydrogen-bond acceptors (Lipinski definition) is 3. The third-order valence-electron chi connectivity index (χ3n) is 13.9. The van der Waals surface area contributed by atoms with Crippen LogP contribution in [0.2, 0.25) is 0 Å². The Kier molecular flexibility index (Phi) is 7.80. The zero-order chi connectivity index (χ0) is 34.2. The summed E-state index contributed by atoms with van der Waals surface area (Å²) >= 11 is 4.53. The van der Waals surface area contributed by atoms with Crippen LogP contribution >= 0.6 is 23.5 Å². The third kappa shape index (κ3) is 4.84. The second-order valence-electron chi connectivity index (χ2n) is 16.2. The molecule has 1 nitrogen and oxygen atoms in total. The van der Waals surface area contributed by atoms with E-state index in [0.29, 0.717) is 50.7 Å². The van der Waals surface area contributed by atoms with E-state index in [9.17, 15) is 0 Å². The molecule has 2 aromatic rings. The van der Waals surface area contributed by atoms with Crippen LogP contribution in [0.1, 0.15) is 62.0 Å². The molecule has 11 rings (SSSR count). The van der Waals surface area contributed by atoms with Crippen molar-refractivity contribution in [2.75, 3.05) is 4.90 Å². The van der Waals surface area contributed by atoms with Crippen LogP contribution in [0.3, 0.4) is 0 Å². The van der Waals surface area contributed by atoms with Crippen molar-refractivity contribution in [3.05, 3.63) is 179 Å². The molecular weight excluding hydrogens is 667 g/mol. The fourth-order valence-electron chi connectivity index (χ4n) is 11.8.